The number of sulfonamides is 1. The van der Waals surface area contributed by atoms with E-state index in [1.165, 1.54) is 4.31 Å². The summed E-state index contributed by atoms with van der Waals surface area (Å²) in [6.07, 6.45) is 1.73. The zero-order valence-corrected chi connectivity index (χ0v) is 12.6. The van der Waals surface area contributed by atoms with E-state index in [-0.39, 0.29) is 18.4 Å². The molecule has 1 aromatic rings. The van der Waals surface area contributed by atoms with Crippen LogP contribution in [0.1, 0.15) is 18.4 Å². The molecule has 0 radical (unpaired) electrons. The van der Waals surface area contributed by atoms with Crippen LogP contribution in [-0.4, -0.2) is 44.2 Å². The monoisotopic (exact) mass is 298 g/mol. The lowest BCUT2D eigenvalue weighted by Gasteiger charge is -2.29. The summed E-state index contributed by atoms with van der Waals surface area (Å²) in [4.78, 5) is 0. The van der Waals surface area contributed by atoms with Crippen molar-refractivity contribution in [1.82, 2.24) is 4.31 Å². The van der Waals surface area contributed by atoms with Crippen molar-refractivity contribution in [2.24, 2.45) is 5.73 Å². The third kappa shape index (κ3) is 4.19. The van der Waals surface area contributed by atoms with Gasteiger partial charge in [-0.25, -0.2) is 12.7 Å². The molecule has 1 saturated heterocycles. The van der Waals surface area contributed by atoms with Gasteiger partial charge in [0.1, 0.15) is 12.4 Å². The Kier molecular flexibility index (Phi) is 5.01. The number of benzene rings is 1. The van der Waals surface area contributed by atoms with Gasteiger partial charge < -0.3 is 10.5 Å². The highest BCUT2D eigenvalue weighted by atomic mass is 32.2. The largest absolute Gasteiger partial charge is 0.492 e. The van der Waals surface area contributed by atoms with Gasteiger partial charge in [-0.3, -0.25) is 0 Å². The molecule has 1 aliphatic rings. The van der Waals surface area contributed by atoms with Gasteiger partial charge in [0, 0.05) is 19.1 Å². The molecule has 1 aliphatic heterocycles. The topological polar surface area (TPSA) is 72.6 Å². The van der Waals surface area contributed by atoms with E-state index in [0.29, 0.717) is 18.8 Å². The van der Waals surface area contributed by atoms with Crippen molar-refractivity contribution < 1.29 is 13.2 Å². The molecule has 0 bridgehead atoms. The summed E-state index contributed by atoms with van der Waals surface area (Å²) in [5.74, 6) is 0.689. The molecular formula is C14H22N2O3S. The molecule has 2 N–H and O–H groups in total. The minimum absolute atomic E-state index is 0.00635. The van der Waals surface area contributed by atoms with Crippen molar-refractivity contribution in [1.29, 1.82) is 0 Å². The number of aryl methyl sites for hydroxylation is 1. The first kappa shape index (κ1) is 15.3. The molecule has 1 heterocycles. The molecule has 0 unspecified atom stereocenters. The number of hydrogen-bond acceptors (Lipinski definition) is 4. The van der Waals surface area contributed by atoms with E-state index in [9.17, 15) is 8.42 Å². The Morgan fingerprint density at radius 1 is 1.35 bits per heavy atom. The van der Waals surface area contributed by atoms with Gasteiger partial charge >= 0.3 is 0 Å². The van der Waals surface area contributed by atoms with Crippen LogP contribution >= 0.6 is 0 Å². The smallest absolute Gasteiger partial charge is 0.217 e. The fraction of sp³-hybridized carbons (Fsp3) is 0.571. The lowest BCUT2D eigenvalue weighted by molar-refractivity contribution is 0.305. The highest BCUT2D eigenvalue weighted by Crippen LogP contribution is 2.14. The van der Waals surface area contributed by atoms with Gasteiger partial charge in [-0.15, -0.1) is 0 Å². The summed E-state index contributed by atoms with van der Waals surface area (Å²) in [7, 11) is -3.27. The standard InChI is InChI=1S/C14H22N2O3S/c1-12-4-6-14(7-5-12)19-9-10-20(17,18)16-8-2-3-13(15)11-16/h4-7,13H,2-3,8-11,15H2,1H3/t13-/m1/s1. The number of piperidine rings is 1. The van der Waals surface area contributed by atoms with Crippen molar-refractivity contribution in [3.8, 4) is 5.75 Å². The average molecular weight is 298 g/mol. The molecule has 112 valence electrons. The Morgan fingerprint density at radius 2 is 2.05 bits per heavy atom. The zero-order chi connectivity index (χ0) is 14.6. The Labute approximate surface area is 120 Å². The number of ether oxygens (including phenoxy) is 1. The summed E-state index contributed by atoms with van der Waals surface area (Å²) >= 11 is 0. The van der Waals surface area contributed by atoms with Crippen LogP contribution < -0.4 is 10.5 Å². The normalized spacial score (nSPS) is 20.8. The average Bonchev–Trinajstić information content (AvgIpc) is 2.41. The first-order valence-electron chi connectivity index (χ1n) is 6.90. The van der Waals surface area contributed by atoms with Crippen molar-refractivity contribution in [2.45, 2.75) is 25.8 Å². The van der Waals surface area contributed by atoms with Gasteiger partial charge in [0.05, 0.1) is 5.75 Å². The van der Waals surface area contributed by atoms with E-state index in [0.717, 1.165) is 18.4 Å². The van der Waals surface area contributed by atoms with Crippen LogP contribution in [0.2, 0.25) is 0 Å². The van der Waals surface area contributed by atoms with Crippen LogP contribution in [0.15, 0.2) is 24.3 Å². The Balaban J connectivity index is 1.84. The van der Waals surface area contributed by atoms with Crippen molar-refractivity contribution in [3.63, 3.8) is 0 Å². The molecule has 0 amide bonds. The number of nitrogens with zero attached hydrogens (tertiary/aromatic N) is 1. The zero-order valence-electron chi connectivity index (χ0n) is 11.8. The number of hydrogen-bond donors (Lipinski definition) is 1. The second-order valence-corrected chi connectivity index (χ2v) is 7.33. The summed E-state index contributed by atoms with van der Waals surface area (Å²) in [5, 5.41) is 0. The van der Waals surface area contributed by atoms with Crippen molar-refractivity contribution >= 4 is 10.0 Å². The Morgan fingerprint density at radius 3 is 2.70 bits per heavy atom. The highest BCUT2D eigenvalue weighted by molar-refractivity contribution is 7.89. The predicted octanol–water partition coefficient (Wildman–Crippen LogP) is 1.13. The fourth-order valence-corrected chi connectivity index (χ4v) is 3.63. The molecule has 1 aromatic carbocycles. The molecule has 2 rings (SSSR count). The summed E-state index contributed by atoms with van der Waals surface area (Å²) < 4.78 is 31.3. The molecule has 1 fully saturated rings. The van der Waals surface area contributed by atoms with E-state index in [1.807, 2.05) is 31.2 Å². The van der Waals surface area contributed by atoms with E-state index in [2.05, 4.69) is 0 Å². The first-order chi connectivity index (χ1) is 9.47. The molecule has 0 spiro atoms. The first-order valence-corrected chi connectivity index (χ1v) is 8.51. The van der Waals surface area contributed by atoms with Crippen LogP contribution in [0.25, 0.3) is 0 Å². The lowest BCUT2D eigenvalue weighted by atomic mass is 10.1. The molecule has 0 saturated carbocycles. The minimum atomic E-state index is -3.27. The molecule has 0 aliphatic carbocycles. The Bertz CT molecular complexity index is 528. The third-order valence-electron chi connectivity index (χ3n) is 3.44. The number of rotatable bonds is 5. The van der Waals surface area contributed by atoms with Gasteiger partial charge in [0.2, 0.25) is 10.0 Å². The predicted molar refractivity (Wildman–Crippen MR) is 79.2 cm³/mol. The molecular weight excluding hydrogens is 276 g/mol. The van der Waals surface area contributed by atoms with Crippen LogP contribution in [-0.2, 0) is 10.0 Å². The third-order valence-corrected chi connectivity index (χ3v) is 5.25. The van der Waals surface area contributed by atoms with E-state index in [1.54, 1.807) is 0 Å². The summed E-state index contributed by atoms with van der Waals surface area (Å²) in [6.45, 7) is 3.15. The fourth-order valence-electron chi connectivity index (χ4n) is 2.26. The van der Waals surface area contributed by atoms with Crippen molar-refractivity contribution in [3.05, 3.63) is 29.8 Å². The van der Waals surface area contributed by atoms with Gasteiger partial charge in [-0.2, -0.15) is 0 Å². The quantitative estimate of drug-likeness (QED) is 0.884. The Hall–Kier alpha value is -1.11. The maximum Gasteiger partial charge on any atom is 0.217 e. The van der Waals surface area contributed by atoms with Crippen LogP contribution in [0, 0.1) is 6.92 Å². The van der Waals surface area contributed by atoms with E-state index in [4.69, 9.17) is 10.5 Å². The van der Waals surface area contributed by atoms with Crippen LogP contribution in [0.4, 0.5) is 0 Å². The van der Waals surface area contributed by atoms with E-state index >= 15 is 0 Å². The van der Waals surface area contributed by atoms with E-state index < -0.39 is 10.0 Å². The highest BCUT2D eigenvalue weighted by Gasteiger charge is 2.27. The van der Waals surface area contributed by atoms with Gasteiger partial charge in [-0.1, -0.05) is 17.7 Å². The molecule has 0 aromatic heterocycles. The SMILES string of the molecule is Cc1ccc(OCCS(=O)(=O)N2CCC[C@@H](N)C2)cc1. The summed E-state index contributed by atoms with van der Waals surface area (Å²) in [6, 6.07) is 7.52. The van der Waals surface area contributed by atoms with Crippen molar-refractivity contribution in [2.75, 3.05) is 25.4 Å². The molecule has 20 heavy (non-hydrogen) atoms. The number of nitrogens with two attached hydrogens (primary N) is 1. The molecule has 6 heteroatoms. The maximum atomic E-state index is 12.2. The summed E-state index contributed by atoms with van der Waals surface area (Å²) in [5.41, 5.74) is 6.96. The minimum Gasteiger partial charge on any atom is -0.492 e. The molecule has 5 nitrogen and oxygen atoms in total. The van der Waals surface area contributed by atoms with Crippen LogP contribution in [0.5, 0.6) is 5.75 Å². The van der Waals surface area contributed by atoms with Crippen LogP contribution in [0.3, 0.4) is 0 Å². The van der Waals surface area contributed by atoms with Gasteiger partial charge in [0.15, 0.2) is 0 Å². The molecule has 1 atom stereocenters. The lowest BCUT2D eigenvalue weighted by Crippen LogP contribution is -2.46. The van der Waals surface area contributed by atoms with Gasteiger partial charge in [-0.05, 0) is 31.9 Å². The maximum absolute atomic E-state index is 12.2. The second-order valence-electron chi connectivity index (χ2n) is 5.24. The van der Waals surface area contributed by atoms with Gasteiger partial charge in [0.25, 0.3) is 0 Å². The second kappa shape index (κ2) is 6.56.